The van der Waals surface area contributed by atoms with Crippen molar-refractivity contribution in [1.82, 2.24) is 36.0 Å². The zero-order valence-electron chi connectivity index (χ0n) is 36.4. The minimum absolute atomic E-state index is 0.0239. The topological polar surface area (TPSA) is 202 Å². The number of carbonyl (C=O) groups is 5. The van der Waals surface area contributed by atoms with E-state index < -0.39 is 35.8 Å². The largest absolute Gasteiger partial charge is 0.461 e. The molecule has 0 aromatic heterocycles. The second-order valence-electron chi connectivity index (χ2n) is 17.4. The normalized spacial score (nSPS) is 23.4. The molecular weight excluding hydrogens is 771 g/mol. The molecule has 0 saturated carbocycles. The van der Waals surface area contributed by atoms with Crippen molar-refractivity contribution in [3.8, 4) is 0 Å². The van der Waals surface area contributed by atoms with Crippen molar-refractivity contribution >= 4 is 30.0 Å². The van der Waals surface area contributed by atoms with Gasteiger partial charge in [-0.25, -0.2) is 14.4 Å². The number of likely N-dealkylation sites (tertiary alicyclic amines) is 3. The van der Waals surface area contributed by atoms with Crippen molar-refractivity contribution in [2.24, 2.45) is 5.41 Å². The number of carbonyl (C=O) groups excluding carboxylic acids is 5. The molecule has 16 nitrogen and oxygen atoms in total. The molecule has 6 amide bonds. The average Bonchev–Trinajstić information content (AvgIpc) is 4.00. The molecule has 0 spiro atoms. The number of urea groups is 2. The number of nitrogens with zero attached hydrogens (tertiary/aromatic N) is 3. The number of hydrogen-bond acceptors (Lipinski definition) is 10. The van der Waals surface area contributed by atoms with E-state index in [4.69, 9.17) is 9.47 Å². The summed E-state index contributed by atoms with van der Waals surface area (Å²) in [7, 11) is 0. The molecule has 0 bridgehead atoms. The Morgan fingerprint density at radius 2 is 1.25 bits per heavy atom. The highest BCUT2D eigenvalue weighted by Gasteiger charge is 2.53. The maximum Gasteiger partial charge on any atom is 0.408 e. The molecule has 4 aliphatic heterocycles. The van der Waals surface area contributed by atoms with E-state index in [-0.39, 0.29) is 67.3 Å². The van der Waals surface area contributed by atoms with Crippen LogP contribution in [0.3, 0.4) is 0 Å². The molecule has 60 heavy (non-hydrogen) atoms. The first-order valence-electron chi connectivity index (χ1n) is 21.1. The fourth-order valence-corrected chi connectivity index (χ4v) is 7.88. The van der Waals surface area contributed by atoms with E-state index in [1.54, 1.807) is 21.6 Å². The fraction of sp³-hybridized carbons (Fsp3) is 0.614. The number of rotatable bonds is 9. The van der Waals surface area contributed by atoms with E-state index in [1.165, 1.54) is 0 Å². The molecular formula is C44H67N7O9. The number of fused-ring (bicyclic) bond motifs is 2. The first kappa shape index (κ1) is 47.7. The Kier molecular flexibility index (Phi) is 17.6. The van der Waals surface area contributed by atoms with Crippen LogP contribution in [0, 0.1) is 5.41 Å². The minimum Gasteiger partial charge on any atom is -0.461 e. The smallest absolute Gasteiger partial charge is 0.408 e. The molecule has 332 valence electrons. The monoisotopic (exact) mass is 838 g/mol. The summed E-state index contributed by atoms with van der Waals surface area (Å²) < 4.78 is 10.3. The zero-order valence-corrected chi connectivity index (χ0v) is 36.4. The Morgan fingerprint density at radius 1 is 0.733 bits per heavy atom. The number of esters is 1. The second kappa shape index (κ2) is 22.1. The number of benzene rings is 2. The van der Waals surface area contributed by atoms with E-state index >= 15 is 0 Å². The number of aliphatic hydroxyl groups excluding tert-OH is 2. The van der Waals surface area contributed by atoms with E-state index in [0.717, 1.165) is 24.1 Å². The highest BCUT2D eigenvalue weighted by Crippen LogP contribution is 2.34. The van der Waals surface area contributed by atoms with E-state index in [1.807, 2.05) is 109 Å². The van der Waals surface area contributed by atoms with Gasteiger partial charge in [-0.3, -0.25) is 9.59 Å². The minimum atomic E-state index is -0.843. The van der Waals surface area contributed by atoms with Crippen LogP contribution in [0.25, 0.3) is 0 Å². The van der Waals surface area contributed by atoms with Crippen LogP contribution in [0.4, 0.5) is 14.4 Å². The Hall–Kier alpha value is -4.93. The molecule has 16 heteroatoms. The standard InChI is InChI=1S/C24H36N4O5.C10H19N3O2.C10H12O2/c1-15(2)25-22(31)28-13-18(29)19-17(28)11-12-27(19)21(30)20(24(3,4)5)26-23(32)33-14-16-9-7-6-8-10-16;1-6(2)12-10(15)13-5-8(14)9-7(13)3-4-11-9;1-2-10(11)12-8-9-6-4-3-5-7-9/h6-10,15,17-20,29H,11-14H2,1-5H3,(H,25,31)(H,26,32);6-9,11,14H,3-5H2,1-2H3,(H,12,15);3-7H,2,8H2,1H3/t17-,18+,19+,20-;7-,8+,9+;/m11./s1. The van der Waals surface area contributed by atoms with Gasteiger partial charge in [0.05, 0.1) is 49.5 Å². The van der Waals surface area contributed by atoms with Crippen molar-refractivity contribution in [3.05, 3.63) is 71.8 Å². The van der Waals surface area contributed by atoms with Crippen LogP contribution in [0.15, 0.2) is 60.7 Å². The first-order chi connectivity index (χ1) is 28.4. The van der Waals surface area contributed by atoms with Crippen LogP contribution in [0.2, 0.25) is 0 Å². The van der Waals surface area contributed by atoms with Gasteiger partial charge >= 0.3 is 24.1 Å². The number of amides is 6. The van der Waals surface area contributed by atoms with Crippen LogP contribution < -0.4 is 21.3 Å². The van der Waals surface area contributed by atoms with Gasteiger partial charge in [0, 0.05) is 25.0 Å². The van der Waals surface area contributed by atoms with Gasteiger partial charge in [-0.2, -0.15) is 0 Å². The molecule has 4 aliphatic rings. The molecule has 4 heterocycles. The molecule has 4 fully saturated rings. The third-order valence-electron chi connectivity index (χ3n) is 10.8. The zero-order chi connectivity index (χ0) is 44.1. The number of ether oxygens (including phenoxy) is 2. The first-order valence-corrected chi connectivity index (χ1v) is 21.1. The van der Waals surface area contributed by atoms with Gasteiger partial charge in [0.25, 0.3) is 0 Å². The number of nitrogens with one attached hydrogen (secondary N) is 4. The van der Waals surface area contributed by atoms with Crippen LogP contribution in [0.5, 0.6) is 0 Å². The number of hydrogen-bond donors (Lipinski definition) is 6. The lowest BCUT2D eigenvalue weighted by Gasteiger charge is -2.36. The summed E-state index contributed by atoms with van der Waals surface area (Å²) in [6.07, 6.45) is 0.0159. The van der Waals surface area contributed by atoms with Gasteiger partial charge in [-0.05, 0) is 63.6 Å². The predicted molar refractivity (Wildman–Crippen MR) is 226 cm³/mol. The fourth-order valence-electron chi connectivity index (χ4n) is 7.88. The highest BCUT2D eigenvalue weighted by atomic mass is 16.5. The quantitative estimate of drug-likeness (QED) is 0.202. The maximum atomic E-state index is 13.6. The third-order valence-corrected chi connectivity index (χ3v) is 10.8. The van der Waals surface area contributed by atoms with Crippen molar-refractivity contribution in [3.63, 3.8) is 0 Å². The van der Waals surface area contributed by atoms with Gasteiger partial charge in [0.1, 0.15) is 19.3 Å². The van der Waals surface area contributed by atoms with Crippen LogP contribution >= 0.6 is 0 Å². The number of alkyl carbamates (subject to hydrolysis) is 1. The van der Waals surface area contributed by atoms with Crippen molar-refractivity contribution < 1.29 is 43.7 Å². The molecule has 2 aromatic carbocycles. The van der Waals surface area contributed by atoms with Gasteiger partial charge in [0.15, 0.2) is 0 Å². The van der Waals surface area contributed by atoms with Gasteiger partial charge < -0.3 is 55.7 Å². The lowest BCUT2D eigenvalue weighted by molar-refractivity contribution is -0.144. The molecule has 0 unspecified atom stereocenters. The van der Waals surface area contributed by atoms with Gasteiger partial charge in [0.2, 0.25) is 5.91 Å². The summed E-state index contributed by atoms with van der Waals surface area (Å²) in [5.74, 6) is -0.435. The number of β-amino-alcohol motifs (C(OH)–C–C–N with tert-alkyl or cyclic N) is 2. The Balaban J connectivity index is 0.000000240. The van der Waals surface area contributed by atoms with Crippen LogP contribution in [-0.2, 0) is 32.3 Å². The van der Waals surface area contributed by atoms with Gasteiger partial charge in [-0.1, -0.05) is 88.4 Å². The van der Waals surface area contributed by atoms with Crippen molar-refractivity contribution in [1.29, 1.82) is 0 Å². The molecule has 6 rings (SSSR count). The van der Waals surface area contributed by atoms with E-state index in [9.17, 15) is 34.2 Å². The third kappa shape index (κ3) is 13.3. The van der Waals surface area contributed by atoms with E-state index in [0.29, 0.717) is 32.5 Å². The lowest BCUT2D eigenvalue weighted by atomic mass is 9.85. The molecule has 7 atom stereocenters. The average molecular weight is 838 g/mol. The summed E-state index contributed by atoms with van der Waals surface area (Å²) in [4.78, 5) is 66.2. The van der Waals surface area contributed by atoms with Gasteiger partial charge in [-0.15, -0.1) is 0 Å². The summed E-state index contributed by atoms with van der Waals surface area (Å²) in [5, 5.41) is 32.2. The van der Waals surface area contributed by atoms with E-state index in [2.05, 4.69) is 21.3 Å². The summed E-state index contributed by atoms with van der Waals surface area (Å²) >= 11 is 0. The molecule has 4 saturated heterocycles. The summed E-state index contributed by atoms with van der Waals surface area (Å²) in [6, 6.07) is 17.4. The Morgan fingerprint density at radius 3 is 1.77 bits per heavy atom. The Bertz CT molecular complexity index is 1710. The summed E-state index contributed by atoms with van der Waals surface area (Å²) in [5.41, 5.74) is 1.29. The highest BCUT2D eigenvalue weighted by molar-refractivity contribution is 5.87. The van der Waals surface area contributed by atoms with Crippen LogP contribution in [-0.4, -0.2) is 136 Å². The maximum absolute atomic E-state index is 13.6. The van der Waals surface area contributed by atoms with Crippen molar-refractivity contribution in [2.45, 2.75) is 142 Å². The second-order valence-corrected chi connectivity index (χ2v) is 17.4. The van der Waals surface area contributed by atoms with Crippen LogP contribution in [0.1, 0.15) is 85.8 Å². The molecule has 6 N–H and O–H groups in total. The molecule has 2 aromatic rings. The Labute approximate surface area is 354 Å². The number of aliphatic hydroxyl groups is 2. The van der Waals surface area contributed by atoms with Crippen molar-refractivity contribution in [2.75, 3.05) is 26.2 Å². The lowest BCUT2D eigenvalue weighted by Crippen LogP contribution is -2.57. The SMILES string of the molecule is CC(C)NC(=O)N1C[C@H](O)[C@@H]2[C@H]1CCN2C(=O)[C@@H](NC(=O)OCc1ccccc1)C(C)(C)C.CC(C)NC(=O)N1C[C@H](O)[C@H]2NCC[C@H]21.CCC(=O)OCc1ccccc1. The summed E-state index contributed by atoms with van der Waals surface area (Å²) in [6.45, 7) is 17.4. The molecule has 0 aliphatic carbocycles. The molecule has 0 radical (unpaired) electrons. The predicted octanol–water partition coefficient (Wildman–Crippen LogP) is 3.74.